The van der Waals surface area contributed by atoms with Crippen molar-refractivity contribution in [1.29, 1.82) is 0 Å². The number of carbonyl (C=O) groups is 1. The molecule has 0 bridgehead atoms. The van der Waals surface area contributed by atoms with E-state index in [1.54, 1.807) is 0 Å². The van der Waals surface area contributed by atoms with Crippen LogP contribution in [0.2, 0.25) is 0 Å². The lowest BCUT2D eigenvalue weighted by atomic mass is 10.1. The summed E-state index contributed by atoms with van der Waals surface area (Å²) in [6.45, 7) is 3.50. The Bertz CT molecular complexity index is 201. The normalized spacial score (nSPS) is 16.2. The van der Waals surface area contributed by atoms with E-state index in [9.17, 15) is 18.0 Å². The Hall–Kier alpha value is -0.940. The molecule has 0 N–H and O–H groups in total. The van der Waals surface area contributed by atoms with Crippen LogP contribution in [0.5, 0.6) is 0 Å². The van der Waals surface area contributed by atoms with Gasteiger partial charge in [0.15, 0.2) is 6.61 Å². The van der Waals surface area contributed by atoms with E-state index in [1.165, 1.54) is 4.90 Å². The van der Waals surface area contributed by atoms with Crippen LogP contribution in [0, 0.1) is 0 Å². The van der Waals surface area contributed by atoms with Crippen molar-refractivity contribution < 1.29 is 22.7 Å². The summed E-state index contributed by atoms with van der Waals surface area (Å²) in [5.74, 6) is 0. The maximum Gasteiger partial charge on any atom is 0.422 e. The number of nitrogens with zero attached hydrogens (tertiary/aromatic N) is 1. The summed E-state index contributed by atoms with van der Waals surface area (Å²) in [5.41, 5.74) is 0. The number of hydrogen-bond donors (Lipinski definition) is 0. The van der Waals surface area contributed by atoms with Gasteiger partial charge in [0.05, 0.1) is 0 Å². The molecule has 1 aliphatic heterocycles. The monoisotopic (exact) mass is 241 g/mol. The van der Waals surface area contributed by atoms with Crippen molar-refractivity contribution in [3.63, 3.8) is 0 Å². The van der Waals surface area contributed by atoms with E-state index in [0.29, 0.717) is 13.1 Å². The number of hydrogen-bond acceptors (Lipinski definition) is 2. The van der Waals surface area contributed by atoms with Gasteiger partial charge in [0, 0.05) is 13.1 Å². The first-order chi connectivity index (χ1) is 7.49. The van der Waals surface area contributed by atoms with Crippen LogP contribution in [0.15, 0.2) is 0 Å². The lowest BCUT2D eigenvalue weighted by Gasteiger charge is -2.25. The maximum atomic E-state index is 11.7. The van der Waals surface area contributed by atoms with Crippen molar-refractivity contribution >= 4 is 6.09 Å². The average molecular weight is 241 g/mol. The number of piperidine rings is 1. The van der Waals surface area contributed by atoms with Gasteiger partial charge in [-0.1, -0.05) is 13.8 Å². The summed E-state index contributed by atoms with van der Waals surface area (Å²) in [7, 11) is 0. The Balaban J connectivity index is 0.00000106. The molecule has 1 heterocycles. The quantitative estimate of drug-likeness (QED) is 0.705. The van der Waals surface area contributed by atoms with E-state index in [4.69, 9.17) is 0 Å². The highest BCUT2D eigenvalue weighted by Crippen LogP contribution is 2.16. The van der Waals surface area contributed by atoms with Crippen molar-refractivity contribution in [2.75, 3.05) is 19.7 Å². The molecule has 0 aliphatic carbocycles. The molecule has 1 rings (SSSR count). The predicted octanol–water partition coefficient (Wildman–Crippen LogP) is 3.20. The first-order valence-corrected chi connectivity index (χ1v) is 5.47. The fraction of sp³-hybridized carbons (Fsp3) is 0.900. The topological polar surface area (TPSA) is 29.5 Å². The Morgan fingerprint density at radius 2 is 1.69 bits per heavy atom. The van der Waals surface area contributed by atoms with E-state index in [2.05, 4.69) is 4.74 Å². The summed E-state index contributed by atoms with van der Waals surface area (Å²) in [5, 5.41) is 0. The zero-order chi connectivity index (χ0) is 12.6. The Kier molecular flexibility index (Phi) is 6.92. The third kappa shape index (κ3) is 6.53. The number of likely N-dealkylation sites (tertiary alicyclic amines) is 1. The molecule has 6 heteroatoms. The van der Waals surface area contributed by atoms with Gasteiger partial charge in [-0.05, 0) is 19.3 Å². The second kappa shape index (κ2) is 7.35. The van der Waals surface area contributed by atoms with Crippen LogP contribution in [0.1, 0.15) is 33.1 Å². The molecule has 0 aromatic rings. The van der Waals surface area contributed by atoms with Crippen LogP contribution in [-0.4, -0.2) is 36.9 Å². The third-order valence-corrected chi connectivity index (χ3v) is 1.97. The highest BCUT2D eigenvalue weighted by atomic mass is 19.4. The molecular formula is C10H18F3NO2. The van der Waals surface area contributed by atoms with Gasteiger partial charge < -0.3 is 9.64 Å². The van der Waals surface area contributed by atoms with E-state index in [-0.39, 0.29) is 0 Å². The molecule has 0 spiro atoms. The fourth-order valence-electron chi connectivity index (χ4n) is 1.31. The summed E-state index contributed by atoms with van der Waals surface area (Å²) < 4.78 is 39.2. The lowest BCUT2D eigenvalue weighted by molar-refractivity contribution is -0.162. The van der Waals surface area contributed by atoms with E-state index < -0.39 is 18.9 Å². The molecule has 1 fully saturated rings. The minimum Gasteiger partial charge on any atom is -0.440 e. The number of amides is 1. The molecule has 0 aromatic carbocycles. The molecule has 3 nitrogen and oxygen atoms in total. The molecule has 0 saturated carbocycles. The molecule has 0 radical (unpaired) electrons. The minimum atomic E-state index is -4.44. The summed E-state index contributed by atoms with van der Waals surface area (Å²) in [4.78, 5) is 12.4. The SMILES string of the molecule is CC.O=C(OCC(F)(F)F)N1CCCCC1. The van der Waals surface area contributed by atoms with Gasteiger partial charge in [-0.3, -0.25) is 0 Å². The second-order valence-electron chi connectivity index (χ2n) is 3.22. The Morgan fingerprint density at radius 1 is 1.19 bits per heavy atom. The fourth-order valence-corrected chi connectivity index (χ4v) is 1.31. The van der Waals surface area contributed by atoms with Gasteiger partial charge in [-0.15, -0.1) is 0 Å². The van der Waals surface area contributed by atoms with Crippen molar-refractivity contribution in [3.05, 3.63) is 0 Å². The van der Waals surface area contributed by atoms with Crippen LogP contribution in [0.4, 0.5) is 18.0 Å². The van der Waals surface area contributed by atoms with Crippen molar-refractivity contribution in [1.82, 2.24) is 4.90 Å². The first-order valence-electron chi connectivity index (χ1n) is 5.47. The van der Waals surface area contributed by atoms with Gasteiger partial charge in [0.25, 0.3) is 0 Å². The summed E-state index contributed by atoms with van der Waals surface area (Å²) >= 11 is 0. The Labute approximate surface area is 93.6 Å². The summed E-state index contributed by atoms with van der Waals surface area (Å²) in [6, 6.07) is 0. The molecular weight excluding hydrogens is 223 g/mol. The van der Waals surface area contributed by atoms with Crippen LogP contribution in [0.25, 0.3) is 0 Å². The van der Waals surface area contributed by atoms with Crippen LogP contribution in [0.3, 0.4) is 0 Å². The van der Waals surface area contributed by atoms with E-state index in [1.807, 2.05) is 13.8 Å². The smallest absolute Gasteiger partial charge is 0.422 e. The number of halogens is 3. The van der Waals surface area contributed by atoms with Crippen molar-refractivity contribution in [2.24, 2.45) is 0 Å². The van der Waals surface area contributed by atoms with Crippen molar-refractivity contribution in [3.8, 4) is 0 Å². The predicted molar refractivity (Wildman–Crippen MR) is 54.2 cm³/mol. The zero-order valence-corrected chi connectivity index (χ0v) is 9.64. The molecule has 0 unspecified atom stereocenters. The van der Waals surface area contributed by atoms with E-state index in [0.717, 1.165) is 19.3 Å². The van der Waals surface area contributed by atoms with Crippen LogP contribution in [-0.2, 0) is 4.74 Å². The number of ether oxygens (including phenoxy) is 1. The molecule has 0 atom stereocenters. The molecule has 1 amide bonds. The molecule has 1 saturated heterocycles. The molecule has 16 heavy (non-hydrogen) atoms. The highest BCUT2D eigenvalue weighted by Gasteiger charge is 2.30. The van der Waals surface area contributed by atoms with Crippen LogP contribution < -0.4 is 0 Å². The van der Waals surface area contributed by atoms with Gasteiger partial charge in [-0.2, -0.15) is 13.2 Å². The number of alkyl halides is 3. The Morgan fingerprint density at radius 3 is 2.12 bits per heavy atom. The third-order valence-electron chi connectivity index (χ3n) is 1.97. The van der Waals surface area contributed by atoms with Crippen molar-refractivity contribution in [2.45, 2.75) is 39.3 Å². The first kappa shape index (κ1) is 15.1. The van der Waals surface area contributed by atoms with Gasteiger partial charge in [-0.25, -0.2) is 4.79 Å². The van der Waals surface area contributed by atoms with Gasteiger partial charge in [0.2, 0.25) is 0 Å². The summed E-state index contributed by atoms with van der Waals surface area (Å²) in [6.07, 6.45) is -2.61. The minimum absolute atomic E-state index is 0.497. The average Bonchev–Trinajstić information content (AvgIpc) is 2.29. The number of carbonyl (C=O) groups excluding carboxylic acids is 1. The largest absolute Gasteiger partial charge is 0.440 e. The zero-order valence-electron chi connectivity index (χ0n) is 9.64. The standard InChI is InChI=1S/C8H12F3NO2.C2H6/c9-8(10,11)6-14-7(13)12-4-2-1-3-5-12;1-2/h1-6H2;1-2H3. The number of rotatable bonds is 1. The molecule has 1 aliphatic rings. The maximum absolute atomic E-state index is 11.7. The highest BCUT2D eigenvalue weighted by molar-refractivity contribution is 5.67. The second-order valence-corrected chi connectivity index (χ2v) is 3.22. The van der Waals surface area contributed by atoms with E-state index >= 15 is 0 Å². The molecule has 0 aromatic heterocycles. The molecule has 96 valence electrons. The van der Waals surface area contributed by atoms with Gasteiger partial charge >= 0.3 is 12.3 Å². The van der Waals surface area contributed by atoms with Gasteiger partial charge in [0.1, 0.15) is 0 Å². The lowest BCUT2D eigenvalue weighted by Crippen LogP contribution is -2.37. The van der Waals surface area contributed by atoms with Crippen LogP contribution >= 0.6 is 0 Å².